The smallest absolute Gasteiger partial charge is 0.484 e. The van der Waals surface area contributed by atoms with E-state index in [2.05, 4.69) is 19.6 Å². The summed E-state index contributed by atoms with van der Waals surface area (Å²) in [6.07, 6.45) is -6.80. The van der Waals surface area contributed by atoms with Crippen LogP contribution < -0.4 is 14.2 Å². The number of nitrogens with zero attached hydrogens (tertiary/aromatic N) is 3. The first-order valence-corrected chi connectivity index (χ1v) is 14.5. The van der Waals surface area contributed by atoms with Crippen LogP contribution in [0.2, 0.25) is 0 Å². The molecule has 2 aliphatic heterocycles. The third-order valence-corrected chi connectivity index (χ3v) is 8.84. The molecule has 7 rings (SSSR count). The first-order chi connectivity index (χ1) is 21.8. The molecule has 2 aromatic carbocycles. The quantitative estimate of drug-likeness (QED) is 0.219. The Balaban J connectivity index is 1.26. The number of rotatable bonds is 7. The fourth-order valence-corrected chi connectivity index (χ4v) is 6.34. The van der Waals surface area contributed by atoms with Gasteiger partial charge in [-0.25, -0.2) is 9.48 Å². The van der Waals surface area contributed by atoms with Crippen LogP contribution in [0.4, 0.5) is 22.0 Å². The molecule has 2 atom stereocenters. The zero-order chi connectivity index (χ0) is 32.4. The van der Waals surface area contributed by atoms with Crippen molar-refractivity contribution >= 4 is 5.97 Å². The Morgan fingerprint density at radius 2 is 1.80 bits per heavy atom. The summed E-state index contributed by atoms with van der Waals surface area (Å²) in [5.41, 5.74) is 0.134. The third-order valence-electron chi connectivity index (χ3n) is 8.84. The molecule has 3 aliphatic rings. The lowest BCUT2D eigenvalue weighted by Crippen LogP contribution is -2.51. The van der Waals surface area contributed by atoms with Gasteiger partial charge in [-0.3, -0.25) is 4.98 Å². The van der Waals surface area contributed by atoms with Crippen molar-refractivity contribution in [3.05, 3.63) is 94.6 Å². The van der Waals surface area contributed by atoms with E-state index in [-0.39, 0.29) is 53.9 Å². The molecule has 0 spiro atoms. The summed E-state index contributed by atoms with van der Waals surface area (Å²) in [6.45, 7) is 2.36. The molecule has 0 radical (unpaired) electrons. The highest BCUT2D eigenvalue weighted by Crippen LogP contribution is 2.49. The van der Waals surface area contributed by atoms with E-state index in [0.29, 0.717) is 35.5 Å². The number of hydrogen-bond acceptors (Lipinski definition) is 7. The SMILES string of the molecule is CC(c1ccc2c(c1)OC(F)(F)O2)C1(c2cc(-n3nc(C(F)(F)F)c4c3C(Oc3ccc(C(=O)O)cc3)CCC4)ccn2)COC1. The lowest BCUT2D eigenvalue weighted by molar-refractivity contribution is -0.286. The highest BCUT2D eigenvalue weighted by atomic mass is 19.4. The number of ether oxygens (including phenoxy) is 4. The molecule has 240 valence electrons. The summed E-state index contributed by atoms with van der Waals surface area (Å²) in [7, 11) is 0. The Morgan fingerprint density at radius 3 is 2.48 bits per heavy atom. The molecule has 0 bridgehead atoms. The number of aromatic carboxylic acids is 1. The average Bonchev–Trinajstić information content (AvgIpc) is 3.54. The van der Waals surface area contributed by atoms with Gasteiger partial charge in [0.2, 0.25) is 0 Å². The van der Waals surface area contributed by atoms with Crippen molar-refractivity contribution in [3.63, 3.8) is 0 Å². The third kappa shape index (κ3) is 5.10. The number of carboxylic acid groups (broad SMARTS) is 1. The number of aromatic nitrogens is 3. The summed E-state index contributed by atoms with van der Waals surface area (Å²) in [6, 6.07) is 13.4. The van der Waals surface area contributed by atoms with Gasteiger partial charge in [0, 0.05) is 11.8 Å². The molecule has 46 heavy (non-hydrogen) atoms. The van der Waals surface area contributed by atoms with Crippen molar-refractivity contribution < 1.29 is 50.8 Å². The van der Waals surface area contributed by atoms with E-state index in [1.54, 1.807) is 18.2 Å². The minimum absolute atomic E-state index is 0.0384. The largest absolute Gasteiger partial charge is 0.586 e. The number of alkyl halides is 5. The Kier molecular flexibility index (Phi) is 6.96. The molecule has 1 N–H and O–H groups in total. The summed E-state index contributed by atoms with van der Waals surface area (Å²) < 4.78 is 92.3. The molecule has 2 aromatic heterocycles. The Labute approximate surface area is 258 Å². The van der Waals surface area contributed by atoms with Gasteiger partial charge in [-0.1, -0.05) is 13.0 Å². The van der Waals surface area contributed by atoms with Crippen LogP contribution in [0.5, 0.6) is 17.2 Å². The van der Waals surface area contributed by atoms with Crippen LogP contribution in [0, 0.1) is 0 Å². The van der Waals surface area contributed by atoms with Crippen LogP contribution in [-0.4, -0.2) is 45.3 Å². The van der Waals surface area contributed by atoms with E-state index in [4.69, 9.17) is 9.47 Å². The first-order valence-electron chi connectivity index (χ1n) is 14.5. The van der Waals surface area contributed by atoms with Gasteiger partial charge in [0.1, 0.15) is 11.9 Å². The standard InChI is InChI=1S/C32H26F5N3O6/c1-17(19-7-10-23-25(13-19)46-32(36,37)45-23)30(15-43-16-30)26-14-20(11-12-38-26)40-27-22(28(39-40)31(33,34)35)3-2-4-24(27)44-21-8-5-18(6-9-21)29(41)42/h5-14,17,24H,2-4,15-16H2,1H3,(H,41,42). The molecule has 0 saturated carbocycles. The minimum atomic E-state index is -4.72. The Hall–Kier alpha value is -4.72. The molecule has 1 saturated heterocycles. The van der Waals surface area contributed by atoms with Crippen LogP contribution >= 0.6 is 0 Å². The second kappa shape index (κ2) is 10.7. The van der Waals surface area contributed by atoms with Gasteiger partial charge in [-0.15, -0.1) is 8.78 Å². The lowest BCUT2D eigenvalue weighted by atomic mass is 9.69. The highest BCUT2D eigenvalue weighted by Gasteiger charge is 2.49. The van der Waals surface area contributed by atoms with Crippen molar-refractivity contribution in [1.29, 1.82) is 0 Å². The van der Waals surface area contributed by atoms with Gasteiger partial charge in [-0.2, -0.15) is 18.3 Å². The number of fused-ring (bicyclic) bond motifs is 2. The maximum Gasteiger partial charge on any atom is 0.586 e. The van der Waals surface area contributed by atoms with Gasteiger partial charge >= 0.3 is 18.4 Å². The molecule has 1 aliphatic carbocycles. The number of halogens is 5. The van der Waals surface area contributed by atoms with E-state index in [0.717, 1.165) is 0 Å². The zero-order valence-electron chi connectivity index (χ0n) is 24.2. The normalized spacial score (nSPS) is 20.0. The highest BCUT2D eigenvalue weighted by molar-refractivity contribution is 5.87. The van der Waals surface area contributed by atoms with Crippen LogP contribution in [-0.2, 0) is 22.7 Å². The molecule has 14 heteroatoms. The van der Waals surface area contributed by atoms with Gasteiger partial charge in [0.25, 0.3) is 0 Å². The first kappa shape index (κ1) is 30.0. The van der Waals surface area contributed by atoms with Crippen molar-refractivity contribution in [3.8, 4) is 22.9 Å². The predicted octanol–water partition coefficient (Wildman–Crippen LogP) is 6.83. The van der Waals surface area contributed by atoms with Crippen molar-refractivity contribution in [2.24, 2.45) is 0 Å². The topological polar surface area (TPSA) is 105 Å². The summed E-state index contributed by atoms with van der Waals surface area (Å²) >= 11 is 0. The molecule has 1 fully saturated rings. The number of hydrogen-bond donors (Lipinski definition) is 1. The number of carboxylic acids is 1. The zero-order valence-corrected chi connectivity index (χ0v) is 24.2. The average molecular weight is 644 g/mol. The second-order valence-electron chi connectivity index (χ2n) is 11.6. The van der Waals surface area contributed by atoms with E-state index in [9.17, 15) is 31.9 Å². The van der Waals surface area contributed by atoms with Gasteiger partial charge in [-0.05, 0) is 79.3 Å². The van der Waals surface area contributed by atoms with E-state index in [1.165, 1.54) is 47.3 Å². The van der Waals surface area contributed by atoms with E-state index in [1.807, 2.05) is 6.92 Å². The molecule has 4 heterocycles. The monoisotopic (exact) mass is 643 g/mol. The van der Waals surface area contributed by atoms with Crippen LogP contribution in [0.25, 0.3) is 5.69 Å². The molecule has 9 nitrogen and oxygen atoms in total. The molecule has 0 amide bonds. The fraction of sp³-hybridized carbons (Fsp3) is 0.344. The molecular weight excluding hydrogens is 617 g/mol. The fourth-order valence-electron chi connectivity index (χ4n) is 6.34. The molecule has 2 unspecified atom stereocenters. The van der Waals surface area contributed by atoms with Crippen LogP contribution in [0.1, 0.15) is 70.4 Å². The van der Waals surface area contributed by atoms with E-state index >= 15 is 0 Å². The van der Waals surface area contributed by atoms with Crippen molar-refractivity contribution in [2.45, 2.75) is 56.1 Å². The van der Waals surface area contributed by atoms with Crippen molar-refractivity contribution in [1.82, 2.24) is 14.8 Å². The summed E-state index contributed by atoms with van der Waals surface area (Å²) in [5.74, 6) is -1.32. The van der Waals surface area contributed by atoms with Gasteiger partial charge in [0.05, 0.1) is 41.3 Å². The number of carbonyl (C=O) groups is 1. The Morgan fingerprint density at radius 1 is 1.07 bits per heavy atom. The summed E-state index contributed by atoms with van der Waals surface area (Å²) in [4.78, 5) is 15.8. The summed E-state index contributed by atoms with van der Waals surface area (Å²) in [5, 5.41) is 13.3. The van der Waals surface area contributed by atoms with Crippen molar-refractivity contribution in [2.75, 3.05) is 13.2 Å². The van der Waals surface area contributed by atoms with Crippen LogP contribution in [0.15, 0.2) is 60.8 Å². The lowest BCUT2D eigenvalue weighted by Gasteiger charge is -2.45. The predicted molar refractivity (Wildman–Crippen MR) is 150 cm³/mol. The maximum absolute atomic E-state index is 14.3. The number of benzene rings is 2. The van der Waals surface area contributed by atoms with Gasteiger partial charge < -0.3 is 24.1 Å². The molecule has 4 aromatic rings. The Bertz CT molecular complexity index is 1820. The second-order valence-corrected chi connectivity index (χ2v) is 11.6. The number of pyridine rings is 1. The molecular formula is C32H26F5N3O6. The van der Waals surface area contributed by atoms with Crippen LogP contribution in [0.3, 0.4) is 0 Å². The van der Waals surface area contributed by atoms with E-state index < -0.39 is 35.7 Å². The van der Waals surface area contributed by atoms with Gasteiger partial charge in [0.15, 0.2) is 17.2 Å². The minimum Gasteiger partial charge on any atom is -0.484 e. The maximum atomic E-state index is 14.3.